The highest BCUT2D eigenvalue weighted by Gasteiger charge is 2.10. The van der Waals surface area contributed by atoms with Crippen molar-refractivity contribution in [3.63, 3.8) is 0 Å². The third-order valence-corrected chi connectivity index (χ3v) is 3.51. The summed E-state index contributed by atoms with van der Waals surface area (Å²) < 4.78 is 7.29. The summed E-state index contributed by atoms with van der Waals surface area (Å²) in [5.74, 6) is 1.97. The van der Waals surface area contributed by atoms with E-state index in [2.05, 4.69) is 41.8 Å². The Morgan fingerprint density at radius 3 is 2.53 bits per heavy atom. The van der Waals surface area contributed by atoms with Crippen LogP contribution in [0.5, 0.6) is 11.6 Å². The quantitative estimate of drug-likeness (QED) is 0.625. The molecule has 0 unspecified atom stereocenters. The predicted octanol–water partition coefficient (Wildman–Crippen LogP) is 5.57. The van der Waals surface area contributed by atoms with Gasteiger partial charge in [-0.05, 0) is 34.1 Å². The molecule has 1 aromatic heterocycles. The van der Waals surface area contributed by atoms with Gasteiger partial charge >= 0.3 is 0 Å². The highest BCUT2D eigenvalue weighted by atomic mass is 79.9. The van der Waals surface area contributed by atoms with Crippen LogP contribution in [0, 0.1) is 0 Å². The maximum absolute atomic E-state index is 6.11. The summed E-state index contributed by atoms with van der Waals surface area (Å²) >= 11 is 12.8. The topological polar surface area (TPSA) is 35.0 Å². The Balaban J connectivity index is 2.32. The Bertz CT molecular complexity index is 605. The fraction of sp³-hybridized carbons (Fsp3) is 0.231. The molecule has 0 saturated carbocycles. The SMILES string of the molecule is CC(C)c1nc(Br)cc(Oc2ccc(Br)cc2Cl)n1. The first-order valence-corrected chi connectivity index (χ1v) is 7.59. The predicted molar refractivity (Wildman–Crippen MR) is 83.0 cm³/mol. The number of aromatic nitrogens is 2. The number of hydrogen-bond donors (Lipinski definition) is 0. The Kier molecular flexibility index (Phi) is 4.81. The average Bonchev–Trinajstić information content (AvgIpc) is 2.32. The molecule has 6 heteroatoms. The van der Waals surface area contributed by atoms with Gasteiger partial charge in [-0.15, -0.1) is 0 Å². The fourth-order valence-corrected chi connectivity index (χ4v) is 2.48. The van der Waals surface area contributed by atoms with E-state index in [0.717, 1.165) is 10.3 Å². The molecule has 0 atom stereocenters. The zero-order chi connectivity index (χ0) is 14.0. The van der Waals surface area contributed by atoms with Gasteiger partial charge in [-0.25, -0.2) is 4.98 Å². The summed E-state index contributed by atoms with van der Waals surface area (Å²) in [6, 6.07) is 7.14. The molecule has 19 heavy (non-hydrogen) atoms. The van der Waals surface area contributed by atoms with Gasteiger partial charge in [-0.1, -0.05) is 41.4 Å². The average molecular weight is 407 g/mol. The fourth-order valence-electron chi connectivity index (χ4n) is 1.39. The molecular formula is C13H11Br2ClN2O. The van der Waals surface area contributed by atoms with Crippen molar-refractivity contribution in [1.29, 1.82) is 0 Å². The number of halogens is 3. The monoisotopic (exact) mass is 404 g/mol. The van der Waals surface area contributed by atoms with E-state index in [9.17, 15) is 0 Å². The van der Waals surface area contributed by atoms with E-state index in [4.69, 9.17) is 16.3 Å². The van der Waals surface area contributed by atoms with Crippen LogP contribution in [0.1, 0.15) is 25.6 Å². The first-order chi connectivity index (χ1) is 8.95. The van der Waals surface area contributed by atoms with Crippen molar-refractivity contribution < 1.29 is 4.74 Å². The van der Waals surface area contributed by atoms with E-state index in [0.29, 0.717) is 21.3 Å². The van der Waals surface area contributed by atoms with Gasteiger partial charge in [0, 0.05) is 16.5 Å². The zero-order valence-corrected chi connectivity index (χ0v) is 14.3. The standard InChI is InChI=1S/C13H11Br2ClN2O/c1-7(2)13-17-11(15)6-12(18-13)19-10-4-3-8(14)5-9(10)16/h3-7H,1-2H3. The number of benzene rings is 1. The van der Waals surface area contributed by atoms with Crippen LogP contribution in [-0.4, -0.2) is 9.97 Å². The van der Waals surface area contributed by atoms with Crippen molar-refractivity contribution >= 4 is 43.5 Å². The highest BCUT2D eigenvalue weighted by Crippen LogP contribution is 2.32. The van der Waals surface area contributed by atoms with Crippen LogP contribution in [0.2, 0.25) is 5.02 Å². The van der Waals surface area contributed by atoms with E-state index in [1.165, 1.54) is 0 Å². The van der Waals surface area contributed by atoms with Gasteiger partial charge in [0.05, 0.1) is 5.02 Å². The van der Waals surface area contributed by atoms with E-state index in [1.54, 1.807) is 18.2 Å². The lowest BCUT2D eigenvalue weighted by Crippen LogP contribution is -2.00. The molecule has 0 aliphatic carbocycles. The van der Waals surface area contributed by atoms with E-state index < -0.39 is 0 Å². The van der Waals surface area contributed by atoms with Gasteiger partial charge in [-0.3, -0.25) is 0 Å². The number of rotatable bonds is 3. The summed E-state index contributed by atoms with van der Waals surface area (Å²) in [6.45, 7) is 4.05. The largest absolute Gasteiger partial charge is 0.437 e. The molecule has 0 fully saturated rings. The molecule has 0 spiro atoms. The number of nitrogens with zero attached hydrogens (tertiary/aromatic N) is 2. The maximum Gasteiger partial charge on any atom is 0.223 e. The normalized spacial score (nSPS) is 10.8. The van der Waals surface area contributed by atoms with E-state index in [-0.39, 0.29) is 5.92 Å². The van der Waals surface area contributed by atoms with Crippen LogP contribution < -0.4 is 4.74 Å². The van der Waals surface area contributed by atoms with Crippen LogP contribution in [-0.2, 0) is 0 Å². The molecule has 0 saturated heterocycles. The summed E-state index contributed by atoms with van der Waals surface area (Å²) in [5, 5.41) is 0.523. The van der Waals surface area contributed by atoms with Crippen LogP contribution in [0.15, 0.2) is 33.3 Å². The third-order valence-electron chi connectivity index (χ3n) is 2.31. The second-order valence-electron chi connectivity index (χ2n) is 4.22. The van der Waals surface area contributed by atoms with Gasteiger partial charge in [0.15, 0.2) is 0 Å². The van der Waals surface area contributed by atoms with Crippen LogP contribution in [0.25, 0.3) is 0 Å². The van der Waals surface area contributed by atoms with Crippen molar-refractivity contribution in [2.45, 2.75) is 19.8 Å². The second kappa shape index (κ2) is 6.20. The van der Waals surface area contributed by atoms with Gasteiger partial charge < -0.3 is 4.74 Å². The third kappa shape index (κ3) is 3.91. The molecule has 0 aliphatic heterocycles. The van der Waals surface area contributed by atoms with Crippen LogP contribution >= 0.6 is 43.5 Å². The molecule has 2 rings (SSSR count). The highest BCUT2D eigenvalue weighted by molar-refractivity contribution is 9.10. The van der Waals surface area contributed by atoms with E-state index >= 15 is 0 Å². The van der Waals surface area contributed by atoms with Gasteiger partial charge in [-0.2, -0.15) is 4.98 Å². The minimum atomic E-state index is 0.222. The molecular weight excluding hydrogens is 395 g/mol. The smallest absolute Gasteiger partial charge is 0.223 e. The number of hydrogen-bond acceptors (Lipinski definition) is 3. The van der Waals surface area contributed by atoms with Crippen molar-refractivity contribution in [3.8, 4) is 11.6 Å². The molecule has 3 nitrogen and oxygen atoms in total. The first kappa shape index (κ1) is 14.8. The molecule has 0 radical (unpaired) electrons. The minimum Gasteiger partial charge on any atom is -0.437 e. The molecule has 1 heterocycles. The second-order valence-corrected chi connectivity index (χ2v) is 6.35. The van der Waals surface area contributed by atoms with Crippen molar-refractivity contribution in [1.82, 2.24) is 9.97 Å². The molecule has 0 N–H and O–H groups in total. The van der Waals surface area contributed by atoms with Crippen molar-refractivity contribution in [2.24, 2.45) is 0 Å². The Morgan fingerprint density at radius 2 is 1.89 bits per heavy atom. The molecule has 2 aromatic rings. The summed E-state index contributed by atoms with van der Waals surface area (Å²) in [6.07, 6.45) is 0. The Labute approximate surface area is 133 Å². The van der Waals surface area contributed by atoms with Crippen LogP contribution in [0.4, 0.5) is 0 Å². The van der Waals surface area contributed by atoms with Crippen molar-refractivity contribution in [3.05, 3.63) is 44.2 Å². The van der Waals surface area contributed by atoms with Gasteiger partial charge in [0.1, 0.15) is 16.2 Å². The van der Waals surface area contributed by atoms with Gasteiger partial charge in [0.2, 0.25) is 5.88 Å². The first-order valence-electron chi connectivity index (χ1n) is 5.63. The van der Waals surface area contributed by atoms with E-state index in [1.807, 2.05) is 19.9 Å². The molecule has 100 valence electrons. The summed E-state index contributed by atoms with van der Waals surface area (Å²) in [5.41, 5.74) is 0. The Hall–Kier alpha value is -0.650. The molecule has 0 bridgehead atoms. The Morgan fingerprint density at radius 1 is 1.16 bits per heavy atom. The zero-order valence-electron chi connectivity index (χ0n) is 10.3. The maximum atomic E-state index is 6.11. The lowest BCUT2D eigenvalue weighted by atomic mass is 10.2. The summed E-state index contributed by atoms with van der Waals surface area (Å²) in [7, 11) is 0. The molecule has 0 aliphatic rings. The molecule has 0 amide bonds. The molecule has 1 aromatic carbocycles. The lowest BCUT2D eigenvalue weighted by molar-refractivity contribution is 0.456. The lowest BCUT2D eigenvalue weighted by Gasteiger charge is -2.10. The van der Waals surface area contributed by atoms with Crippen LogP contribution in [0.3, 0.4) is 0 Å². The minimum absolute atomic E-state index is 0.222. The summed E-state index contributed by atoms with van der Waals surface area (Å²) in [4.78, 5) is 8.65. The number of ether oxygens (including phenoxy) is 1. The van der Waals surface area contributed by atoms with Gasteiger partial charge in [0.25, 0.3) is 0 Å². The van der Waals surface area contributed by atoms with Crippen molar-refractivity contribution in [2.75, 3.05) is 0 Å².